The van der Waals surface area contributed by atoms with Gasteiger partial charge >= 0.3 is 0 Å². The van der Waals surface area contributed by atoms with E-state index in [2.05, 4.69) is 22.0 Å². The van der Waals surface area contributed by atoms with Gasteiger partial charge in [-0.05, 0) is 39.0 Å². The first-order valence-electron chi connectivity index (χ1n) is 7.81. The number of ether oxygens (including phenoxy) is 2. The van der Waals surface area contributed by atoms with E-state index in [0.717, 1.165) is 17.8 Å². The number of aryl methyl sites for hydroxylation is 1. The minimum Gasteiger partial charge on any atom is -0.493 e. The van der Waals surface area contributed by atoms with Crippen LogP contribution in [0.25, 0.3) is 0 Å². The number of hydrogen-bond donors (Lipinski definition) is 1. The summed E-state index contributed by atoms with van der Waals surface area (Å²) in [5.74, 6) is 0.771. The summed E-state index contributed by atoms with van der Waals surface area (Å²) in [5, 5.41) is 4.00. The molecule has 0 saturated heterocycles. The Labute approximate surface area is 142 Å². The summed E-state index contributed by atoms with van der Waals surface area (Å²) in [6, 6.07) is 9.21. The highest BCUT2D eigenvalue weighted by Crippen LogP contribution is 2.25. The zero-order valence-corrected chi connectivity index (χ0v) is 14.5. The highest BCUT2D eigenvalue weighted by atomic mass is 16.5. The zero-order chi connectivity index (χ0) is 17.5. The number of hydrogen-bond acceptors (Lipinski definition) is 4. The van der Waals surface area contributed by atoms with E-state index in [1.54, 1.807) is 25.5 Å². The average Bonchev–Trinajstić information content (AvgIpc) is 2.86. The Morgan fingerprint density at radius 2 is 2.00 bits per heavy atom. The van der Waals surface area contributed by atoms with Crippen molar-refractivity contribution in [3.63, 3.8) is 0 Å². The molecule has 24 heavy (non-hydrogen) atoms. The number of carbonyl (C=O) groups is 1. The van der Waals surface area contributed by atoms with Crippen molar-refractivity contribution in [2.24, 2.45) is 5.10 Å². The Balaban J connectivity index is 1.89. The molecule has 6 heteroatoms. The lowest BCUT2D eigenvalue weighted by atomic mass is 10.3. The van der Waals surface area contributed by atoms with E-state index < -0.39 is 0 Å². The van der Waals surface area contributed by atoms with E-state index in [9.17, 15) is 4.79 Å². The normalized spacial score (nSPS) is 10.8. The number of nitrogens with zero attached hydrogens (tertiary/aromatic N) is 2. The molecule has 0 aliphatic rings. The summed E-state index contributed by atoms with van der Waals surface area (Å²) in [6.07, 6.45) is 1.65. The van der Waals surface area contributed by atoms with Gasteiger partial charge in [0, 0.05) is 23.5 Å². The first-order valence-corrected chi connectivity index (χ1v) is 7.81. The van der Waals surface area contributed by atoms with Crippen LogP contribution in [0.3, 0.4) is 0 Å². The predicted octanol–water partition coefficient (Wildman–Crippen LogP) is 2.66. The quantitative estimate of drug-likeness (QED) is 0.627. The second-order valence-electron chi connectivity index (χ2n) is 5.30. The SMILES string of the molecule is CCn1c(C)cc(/C=N/NC(=O)COc2ccccc2OC)c1C. The number of hydrazone groups is 1. The molecule has 1 amide bonds. The molecule has 0 aliphatic carbocycles. The number of rotatable bonds is 7. The molecule has 0 saturated carbocycles. The van der Waals surface area contributed by atoms with Crippen LogP contribution in [0.4, 0.5) is 0 Å². The van der Waals surface area contributed by atoms with E-state index in [-0.39, 0.29) is 12.5 Å². The first kappa shape index (κ1) is 17.6. The minimum atomic E-state index is -0.332. The second-order valence-corrected chi connectivity index (χ2v) is 5.30. The molecule has 2 aromatic rings. The van der Waals surface area contributed by atoms with Gasteiger partial charge in [-0.1, -0.05) is 12.1 Å². The van der Waals surface area contributed by atoms with E-state index in [1.165, 1.54) is 5.69 Å². The number of methoxy groups -OCH3 is 1. The third kappa shape index (κ3) is 4.16. The summed E-state index contributed by atoms with van der Waals surface area (Å²) < 4.78 is 12.8. The van der Waals surface area contributed by atoms with Gasteiger partial charge in [0.1, 0.15) is 0 Å². The molecular formula is C18H23N3O3. The summed E-state index contributed by atoms with van der Waals surface area (Å²) in [4.78, 5) is 11.8. The lowest BCUT2D eigenvalue weighted by Crippen LogP contribution is -2.24. The van der Waals surface area contributed by atoms with Crippen LogP contribution in [0.1, 0.15) is 23.9 Å². The maximum atomic E-state index is 11.8. The van der Waals surface area contributed by atoms with Gasteiger partial charge in [0.05, 0.1) is 13.3 Å². The van der Waals surface area contributed by atoms with Crippen molar-refractivity contribution < 1.29 is 14.3 Å². The minimum absolute atomic E-state index is 0.133. The topological polar surface area (TPSA) is 64.9 Å². The Morgan fingerprint density at radius 1 is 1.29 bits per heavy atom. The molecule has 1 aromatic carbocycles. The molecule has 1 heterocycles. The summed E-state index contributed by atoms with van der Waals surface area (Å²) in [7, 11) is 1.55. The third-order valence-corrected chi connectivity index (χ3v) is 3.75. The highest BCUT2D eigenvalue weighted by Gasteiger charge is 2.07. The van der Waals surface area contributed by atoms with Crippen LogP contribution < -0.4 is 14.9 Å². The van der Waals surface area contributed by atoms with Crippen molar-refractivity contribution in [2.75, 3.05) is 13.7 Å². The molecule has 0 bridgehead atoms. The molecule has 0 unspecified atom stereocenters. The summed E-state index contributed by atoms with van der Waals surface area (Å²) in [6.45, 7) is 6.95. The van der Waals surface area contributed by atoms with E-state index in [1.807, 2.05) is 32.0 Å². The fourth-order valence-electron chi connectivity index (χ4n) is 2.53. The van der Waals surface area contributed by atoms with Crippen molar-refractivity contribution in [2.45, 2.75) is 27.3 Å². The average molecular weight is 329 g/mol. The van der Waals surface area contributed by atoms with Crippen LogP contribution in [0.2, 0.25) is 0 Å². The van der Waals surface area contributed by atoms with Gasteiger partial charge in [-0.3, -0.25) is 4.79 Å². The number of aromatic nitrogens is 1. The van der Waals surface area contributed by atoms with Gasteiger partial charge in [-0.15, -0.1) is 0 Å². The fraction of sp³-hybridized carbons (Fsp3) is 0.333. The van der Waals surface area contributed by atoms with Gasteiger partial charge in [0.15, 0.2) is 18.1 Å². The van der Waals surface area contributed by atoms with Crippen molar-refractivity contribution in [3.05, 3.63) is 47.3 Å². The molecular weight excluding hydrogens is 306 g/mol. The Kier molecular flexibility index (Phi) is 6.01. The number of benzene rings is 1. The predicted molar refractivity (Wildman–Crippen MR) is 93.8 cm³/mol. The Hall–Kier alpha value is -2.76. The lowest BCUT2D eigenvalue weighted by molar-refractivity contribution is -0.123. The zero-order valence-electron chi connectivity index (χ0n) is 14.5. The van der Waals surface area contributed by atoms with Crippen LogP contribution in [-0.4, -0.2) is 30.4 Å². The van der Waals surface area contributed by atoms with Gasteiger partial charge in [-0.2, -0.15) is 5.10 Å². The largest absolute Gasteiger partial charge is 0.493 e. The van der Waals surface area contributed by atoms with Crippen LogP contribution >= 0.6 is 0 Å². The van der Waals surface area contributed by atoms with Crippen LogP contribution in [-0.2, 0) is 11.3 Å². The molecule has 6 nitrogen and oxygen atoms in total. The number of amides is 1. The summed E-state index contributed by atoms with van der Waals surface area (Å²) >= 11 is 0. The molecule has 0 atom stereocenters. The summed E-state index contributed by atoms with van der Waals surface area (Å²) in [5.41, 5.74) is 5.75. The van der Waals surface area contributed by atoms with Gasteiger partial charge in [-0.25, -0.2) is 5.43 Å². The molecule has 128 valence electrons. The van der Waals surface area contributed by atoms with Crippen LogP contribution in [0.5, 0.6) is 11.5 Å². The standard InChI is InChI=1S/C18H23N3O3/c1-5-21-13(2)10-15(14(21)3)11-19-20-18(22)12-24-17-9-7-6-8-16(17)23-4/h6-11H,5,12H2,1-4H3,(H,20,22)/b19-11+. The van der Waals surface area contributed by atoms with Gasteiger partial charge < -0.3 is 14.0 Å². The van der Waals surface area contributed by atoms with Crippen LogP contribution in [0, 0.1) is 13.8 Å². The number of carbonyl (C=O) groups excluding carboxylic acids is 1. The van der Waals surface area contributed by atoms with Crippen molar-refractivity contribution in [1.82, 2.24) is 9.99 Å². The third-order valence-electron chi connectivity index (χ3n) is 3.75. The molecule has 0 aliphatic heterocycles. The smallest absolute Gasteiger partial charge is 0.277 e. The molecule has 1 aromatic heterocycles. The van der Waals surface area contributed by atoms with E-state index in [4.69, 9.17) is 9.47 Å². The van der Waals surface area contributed by atoms with E-state index in [0.29, 0.717) is 11.5 Å². The number of nitrogens with one attached hydrogen (secondary N) is 1. The Bertz CT molecular complexity index is 735. The van der Waals surface area contributed by atoms with Crippen molar-refractivity contribution >= 4 is 12.1 Å². The molecule has 0 radical (unpaired) electrons. The maximum absolute atomic E-state index is 11.8. The van der Waals surface area contributed by atoms with Crippen LogP contribution in [0.15, 0.2) is 35.4 Å². The molecule has 2 rings (SSSR count). The van der Waals surface area contributed by atoms with Crippen molar-refractivity contribution in [3.8, 4) is 11.5 Å². The van der Waals surface area contributed by atoms with Gasteiger partial charge in [0.2, 0.25) is 0 Å². The molecule has 0 spiro atoms. The van der Waals surface area contributed by atoms with E-state index >= 15 is 0 Å². The second kappa shape index (κ2) is 8.19. The highest BCUT2D eigenvalue weighted by molar-refractivity contribution is 5.84. The van der Waals surface area contributed by atoms with Crippen molar-refractivity contribution in [1.29, 1.82) is 0 Å². The first-order chi connectivity index (χ1) is 11.6. The molecule has 1 N–H and O–H groups in total. The van der Waals surface area contributed by atoms with Gasteiger partial charge in [0.25, 0.3) is 5.91 Å². The number of para-hydroxylation sites is 2. The Morgan fingerprint density at radius 3 is 2.62 bits per heavy atom. The maximum Gasteiger partial charge on any atom is 0.277 e. The molecule has 0 fully saturated rings. The monoisotopic (exact) mass is 329 g/mol. The lowest BCUT2D eigenvalue weighted by Gasteiger charge is -2.09. The fourth-order valence-corrected chi connectivity index (χ4v) is 2.53.